The van der Waals surface area contributed by atoms with Gasteiger partial charge in [0.05, 0.1) is 12.5 Å². The first kappa shape index (κ1) is 14.4. The number of hydrogen-bond donors (Lipinski definition) is 0. The molecule has 1 atom stereocenters. The summed E-state index contributed by atoms with van der Waals surface area (Å²) in [6, 6.07) is -1.01. The van der Waals surface area contributed by atoms with Gasteiger partial charge in [-0.05, 0) is 36.4 Å². The maximum absolute atomic E-state index is 13.2. The number of halogens is 3. The quantitative estimate of drug-likeness (QED) is 0.860. The average Bonchev–Trinajstić information content (AvgIpc) is 3.12. The Kier molecular flexibility index (Phi) is 3.46. The Balaban J connectivity index is 1.77. The fraction of sp³-hybridized carbons (Fsp3) is 0.667. The highest BCUT2D eigenvalue weighted by Crippen LogP contribution is 2.50. The molecule has 0 spiro atoms. The Morgan fingerprint density at radius 1 is 1.43 bits per heavy atom. The zero-order chi connectivity index (χ0) is 15.1. The van der Waals surface area contributed by atoms with Crippen molar-refractivity contribution in [3.05, 3.63) is 17.1 Å². The molecule has 1 aromatic heterocycles. The fourth-order valence-electron chi connectivity index (χ4n) is 2.73. The van der Waals surface area contributed by atoms with Crippen LogP contribution in [0.1, 0.15) is 24.8 Å². The monoisotopic (exact) mass is 318 g/mol. The molecule has 0 saturated carbocycles. The lowest BCUT2D eigenvalue weighted by molar-refractivity contribution is -0.184. The molecular weight excluding hydrogens is 305 g/mol. The lowest BCUT2D eigenvalue weighted by Crippen LogP contribution is -2.57. The van der Waals surface area contributed by atoms with Gasteiger partial charge >= 0.3 is 11.8 Å². The van der Waals surface area contributed by atoms with E-state index in [9.17, 15) is 18.0 Å². The van der Waals surface area contributed by atoms with E-state index in [4.69, 9.17) is 0 Å². The largest absolute Gasteiger partial charge is 0.439 e. The van der Waals surface area contributed by atoms with E-state index in [0.717, 1.165) is 5.56 Å². The van der Waals surface area contributed by atoms with Gasteiger partial charge in [-0.25, -0.2) is 4.37 Å². The summed E-state index contributed by atoms with van der Waals surface area (Å²) in [4.78, 5) is 13.6. The van der Waals surface area contributed by atoms with Crippen LogP contribution in [0.15, 0.2) is 21.8 Å². The van der Waals surface area contributed by atoms with Crippen LogP contribution in [0.2, 0.25) is 0 Å². The van der Waals surface area contributed by atoms with Crippen molar-refractivity contribution < 1.29 is 18.0 Å². The second kappa shape index (κ2) is 5.04. The first-order valence-electron chi connectivity index (χ1n) is 6.62. The standard InChI is InChI=1S/C12H13F3N4OS/c13-12(14,15)11(17-18-11)9-3-1-2-4-19(9)10(20)5-8-6-16-21-7-8/h6-7,9H,1-5H2. The van der Waals surface area contributed by atoms with E-state index in [0.29, 0.717) is 19.4 Å². The number of aromatic nitrogens is 1. The summed E-state index contributed by atoms with van der Waals surface area (Å²) in [5.74, 6) is -0.319. The van der Waals surface area contributed by atoms with Crippen LogP contribution in [0, 0.1) is 0 Å². The third-order valence-electron chi connectivity index (χ3n) is 3.86. The number of hydrogen-bond acceptors (Lipinski definition) is 5. The molecule has 0 radical (unpaired) electrons. The van der Waals surface area contributed by atoms with Crippen LogP contribution < -0.4 is 0 Å². The first-order chi connectivity index (χ1) is 9.94. The van der Waals surface area contributed by atoms with Gasteiger partial charge in [0.1, 0.15) is 0 Å². The Bertz CT molecular complexity index is 551. The molecule has 0 N–H and O–H groups in total. The van der Waals surface area contributed by atoms with E-state index < -0.39 is 17.9 Å². The van der Waals surface area contributed by atoms with Gasteiger partial charge in [-0.2, -0.15) is 13.2 Å². The normalized spacial score (nSPS) is 24.1. The highest BCUT2D eigenvalue weighted by atomic mass is 32.1. The van der Waals surface area contributed by atoms with Gasteiger partial charge < -0.3 is 4.90 Å². The Hall–Kier alpha value is -1.51. The lowest BCUT2D eigenvalue weighted by atomic mass is 9.92. The van der Waals surface area contributed by atoms with Crippen molar-refractivity contribution in [1.29, 1.82) is 0 Å². The zero-order valence-corrected chi connectivity index (χ0v) is 11.8. The molecule has 0 aliphatic carbocycles. The number of alkyl halides is 3. The van der Waals surface area contributed by atoms with Crippen LogP contribution in [0.4, 0.5) is 13.2 Å². The molecule has 1 saturated heterocycles. The lowest BCUT2D eigenvalue weighted by Gasteiger charge is -2.38. The predicted octanol–water partition coefficient (Wildman–Crippen LogP) is 2.79. The number of rotatable bonds is 3. The highest BCUT2D eigenvalue weighted by Gasteiger charge is 2.70. The summed E-state index contributed by atoms with van der Waals surface area (Å²) in [5.41, 5.74) is -1.67. The van der Waals surface area contributed by atoms with Crippen molar-refractivity contribution in [3.8, 4) is 0 Å². The number of carbonyl (C=O) groups excluding carboxylic acids is 1. The molecule has 0 bridgehead atoms. The van der Waals surface area contributed by atoms with Crippen molar-refractivity contribution in [2.75, 3.05) is 6.54 Å². The molecule has 5 nitrogen and oxygen atoms in total. The van der Waals surface area contributed by atoms with E-state index in [-0.39, 0.29) is 18.7 Å². The van der Waals surface area contributed by atoms with E-state index in [1.165, 1.54) is 16.4 Å². The predicted molar refractivity (Wildman–Crippen MR) is 68.8 cm³/mol. The van der Waals surface area contributed by atoms with Gasteiger partial charge in [0.25, 0.3) is 0 Å². The molecule has 1 fully saturated rings. The van der Waals surface area contributed by atoms with E-state index in [1.54, 1.807) is 11.6 Å². The summed E-state index contributed by atoms with van der Waals surface area (Å²) < 4.78 is 43.4. The minimum Gasteiger partial charge on any atom is -0.334 e. The highest BCUT2D eigenvalue weighted by molar-refractivity contribution is 7.03. The zero-order valence-electron chi connectivity index (χ0n) is 11.0. The van der Waals surface area contributed by atoms with Crippen molar-refractivity contribution in [3.63, 3.8) is 0 Å². The molecule has 1 unspecified atom stereocenters. The smallest absolute Gasteiger partial charge is 0.334 e. The van der Waals surface area contributed by atoms with Crippen molar-refractivity contribution >= 4 is 17.4 Å². The molecule has 2 aliphatic heterocycles. The van der Waals surface area contributed by atoms with Crippen LogP contribution in [-0.2, 0) is 11.2 Å². The van der Waals surface area contributed by atoms with Gasteiger partial charge in [0, 0.05) is 18.1 Å². The second-order valence-corrected chi connectivity index (χ2v) is 5.89. The van der Waals surface area contributed by atoms with Gasteiger partial charge in [0.15, 0.2) is 0 Å². The van der Waals surface area contributed by atoms with Gasteiger partial charge in [-0.15, -0.1) is 10.2 Å². The van der Waals surface area contributed by atoms with Crippen LogP contribution in [0.3, 0.4) is 0 Å². The van der Waals surface area contributed by atoms with Gasteiger partial charge in [0.2, 0.25) is 5.91 Å². The minimum atomic E-state index is -4.54. The molecule has 114 valence electrons. The molecule has 3 heterocycles. The molecule has 21 heavy (non-hydrogen) atoms. The molecule has 1 amide bonds. The maximum Gasteiger partial charge on any atom is 0.439 e. The van der Waals surface area contributed by atoms with E-state index >= 15 is 0 Å². The van der Waals surface area contributed by atoms with Gasteiger partial charge in [-0.3, -0.25) is 4.79 Å². The maximum atomic E-state index is 13.2. The molecule has 9 heteroatoms. The number of nitrogens with zero attached hydrogens (tertiary/aromatic N) is 4. The Morgan fingerprint density at radius 3 is 2.76 bits per heavy atom. The number of piperidine rings is 1. The number of carbonyl (C=O) groups is 1. The third-order valence-corrected chi connectivity index (χ3v) is 4.49. The summed E-state index contributed by atoms with van der Waals surface area (Å²) in [6.45, 7) is 0.323. The van der Waals surface area contributed by atoms with Crippen LogP contribution in [0.25, 0.3) is 0 Å². The molecule has 1 aromatic rings. The van der Waals surface area contributed by atoms with E-state index in [1.807, 2.05) is 0 Å². The van der Waals surface area contributed by atoms with Crippen molar-refractivity contribution in [2.24, 2.45) is 10.2 Å². The number of amides is 1. The molecule has 3 rings (SSSR count). The molecule has 2 aliphatic rings. The summed E-state index contributed by atoms with van der Waals surface area (Å²) in [7, 11) is 0. The SMILES string of the molecule is O=C(Cc1cnsc1)N1CCCCC1C1(C(F)(F)F)N=N1. The Labute approximate surface area is 123 Å². The molecular formula is C12H13F3N4OS. The van der Waals surface area contributed by atoms with Crippen molar-refractivity contribution in [2.45, 2.75) is 43.6 Å². The van der Waals surface area contributed by atoms with Crippen molar-refractivity contribution in [1.82, 2.24) is 9.27 Å². The Morgan fingerprint density at radius 2 is 2.19 bits per heavy atom. The fourth-order valence-corrected chi connectivity index (χ4v) is 3.26. The van der Waals surface area contributed by atoms with Crippen LogP contribution in [0.5, 0.6) is 0 Å². The average molecular weight is 318 g/mol. The summed E-state index contributed by atoms with van der Waals surface area (Å²) in [6.07, 6.45) is -1.28. The van der Waals surface area contributed by atoms with Crippen LogP contribution in [-0.4, -0.2) is 39.6 Å². The molecule has 0 aromatic carbocycles. The van der Waals surface area contributed by atoms with E-state index in [2.05, 4.69) is 14.6 Å². The topological polar surface area (TPSA) is 57.9 Å². The van der Waals surface area contributed by atoms with Gasteiger partial charge in [-0.1, -0.05) is 0 Å². The van der Waals surface area contributed by atoms with Crippen LogP contribution >= 0.6 is 11.5 Å². The third kappa shape index (κ3) is 2.54. The number of likely N-dealkylation sites (tertiary alicyclic amines) is 1. The summed E-state index contributed by atoms with van der Waals surface area (Å²) >= 11 is 1.21. The summed E-state index contributed by atoms with van der Waals surface area (Å²) in [5, 5.41) is 8.23. The second-order valence-electron chi connectivity index (χ2n) is 5.23. The minimum absolute atomic E-state index is 0.0704. The first-order valence-corrected chi connectivity index (χ1v) is 7.46.